The highest BCUT2D eigenvalue weighted by Crippen LogP contribution is 2.58. The van der Waals surface area contributed by atoms with Gasteiger partial charge in [-0.25, -0.2) is 4.98 Å². The van der Waals surface area contributed by atoms with Gasteiger partial charge in [-0.05, 0) is 96.2 Å². The summed E-state index contributed by atoms with van der Waals surface area (Å²) in [6, 6.07) is 57.2. The fourth-order valence-corrected chi connectivity index (χ4v) is 8.05. The van der Waals surface area contributed by atoms with Crippen LogP contribution in [0.15, 0.2) is 164 Å². The molecule has 2 aromatic heterocycles. The van der Waals surface area contributed by atoms with Gasteiger partial charge in [0.15, 0.2) is 0 Å². The van der Waals surface area contributed by atoms with Crippen molar-refractivity contribution in [3.8, 4) is 66.9 Å². The Balaban J connectivity index is 1.27. The van der Waals surface area contributed by atoms with Gasteiger partial charge in [-0.2, -0.15) is 0 Å². The summed E-state index contributed by atoms with van der Waals surface area (Å²) < 4.78 is 2.24. The largest absolute Gasteiger partial charge is 0.303 e. The molecule has 9 aromatic rings. The molecule has 0 aliphatic heterocycles. The van der Waals surface area contributed by atoms with Crippen LogP contribution in [-0.4, -0.2) is 9.38 Å². The normalized spacial score (nSPS) is 11.9. The molecule has 10 rings (SSSR count). The summed E-state index contributed by atoms with van der Waals surface area (Å²) in [6.45, 7) is 2.16. The lowest BCUT2D eigenvalue weighted by Gasteiger charge is -2.20. The fourth-order valence-electron chi connectivity index (χ4n) is 8.05. The molecule has 0 fully saturated rings. The van der Waals surface area contributed by atoms with E-state index in [1.165, 1.54) is 77.2 Å². The van der Waals surface area contributed by atoms with Crippen LogP contribution in [0.2, 0.25) is 0 Å². The van der Waals surface area contributed by atoms with E-state index in [2.05, 4.69) is 175 Å². The molecule has 1 aliphatic carbocycles. The number of nitrogens with zero attached hydrogens (tertiary/aromatic N) is 2. The number of pyridine rings is 1. The molecule has 224 valence electrons. The van der Waals surface area contributed by atoms with Crippen LogP contribution in [-0.2, 0) is 0 Å². The van der Waals surface area contributed by atoms with Gasteiger partial charge in [0.1, 0.15) is 5.65 Å². The second-order valence-corrected chi connectivity index (χ2v) is 12.7. The van der Waals surface area contributed by atoms with Gasteiger partial charge in [-0.15, -0.1) is 0 Å². The summed E-state index contributed by atoms with van der Waals surface area (Å²) in [5.74, 6) is 0. The van der Waals surface area contributed by atoms with Crippen LogP contribution >= 0.6 is 0 Å². The zero-order valence-corrected chi connectivity index (χ0v) is 26.5. The number of rotatable bonds is 4. The number of benzene rings is 7. The molecule has 0 radical (unpaired) electrons. The van der Waals surface area contributed by atoms with E-state index in [1.54, 1.807) is 0 Å². The Bertz CT molecular complexity index is 2610. The van der Waals surface area contributed by atoms with E-state index in [1.807, 2.05) is 0 Å². The highest BCUT2D eigenvalue weighted by atomic mass is 15.0. The van der Waals surface area contributed by atoms with Gasteiger partial charge in [0.05, 0.1) is 5.69 Å². The Hall–Kier alpha value is -6.25. The molecule has 2 heterocycles. The number of aryl methyl sites for hydroxylation is 1. The van der Waals surface area contributed by atoms with Crippen LogP contribution in [0.1, 0.15) is 5.69 Å². The van der Waals surface area contributed by atoms with Crippen molar-refractivity contribution >= 4 is 27.2 Å². The van der Waals surface area contributed by atoms with Crippen molar-refractivity contribution < 1.29 is 0 Å². The first-order valence-corrected chi connectivity index (χ1v) is 16.6. The second kappa shape index (κ2) is 10.4. The minimum absolute atomic E-state index is 0.958. The van der Waals surface area contributed by atoms with Crippen LogP contribution in [0.4, 0.5) is 0 Å². The first kappa shape index (κ1) is 26.9. The van der Waals surface area contributed by atoms with E-state index in [4.69, 9.17) is 4.98 Å². The lowest BCUT2D eigenvalue weighted by molar-refractivity contribution is 1.11. The average Bonchev–Trinajstić information content (AvgIpc) is 3.67. The number of imidazole rings is 1. The summed E-state index contributed by atoms with van der Waals surface area (Å²) in [6.07, 6.45) is 2.26. The predicted molar refractivity (Wildman–Crippen MR) is 201 cm³/mol. The average molecular weight is 611 g/mol. The number of fused-ring (bicyclic) bond motifs is 5. The Morgan fingerprint density at radius 1 is 0.396 bits per heavy atom. The lowest BCUT2D eigenvalue weighted by Crippen LogP contribution is -1.93. The first-order chi connectivity index (χ1) is 23.8. The van der Waals surface area contributed by atoms with Crippen LogP contribution in [0.3, 0.4) is 0 Å². The SMILES string of the molecule is Cc1c(-c2ccccc2)nc2ccc(-c3ccc4c5c(cccc35)-c3c-4c(-c4ccccc4)c4ccccc4c3-c3ccccc3)cn12. The van der Waals surface area contributed by atoms with Crippen molar-refractivity contribution in [1.82, 2.24) is 9.38 Å². The van der Waals surface area contributed by atoms with Crippen LogP contribution in [0.25, 0.3) is 94.1 Å². The maximum absolute atomic E-state index is 5.01. The molecule has 0 saturated carbocycles. The number of aromatic nitrogens is 2. The first-order valence-electron chi connectivity index (χ1n) is 16.6. The van der Waals surface area contributed by atoms with Gasteiger partial charge in [0.2, 0.25) is 0 Å². The van der Waals surface area contributed by atoms with Gasteiger partial charge in [0.25, 0.3) is 0 Å². The summed E-state index contributed by atoms with van der Waals surface area (Å²) in [5, 5.41) is 5.15. The topological polar surface area (TPSA) is 17.3 Å². The molecular formula is C46H30N2. The second-order valence-electron chi connectivity index (χ2n) is 12.7. The summed E-state index contributed by atoms with van der Waals surface area (Å²) in [7, 11) is 0. The predicted octanol–water partition coefficient (Wildman–Crippen LogP) is 12.3. The van der Waals surface area contributed by atoms with E-state index >= 15 is 0 Å². The van der Waals surface area contributed by atoms with E-state index in [0.717, 1.165) is 22.6 Å². The third-order valence-corrected chi connectivity index (χ3v) is 10.1. The Kier molecular flexibility index (Phi) is 5.82. The minimum atomic E-state index is 0.958. The van der Waals surface area contributed by atoms with Crippen molar-refractivity contribution in [2.24, 2.45) is 0 Å². The van der Waals surface area contributed by atoms with Gasteiger partial charge in [0, 0.05) is 17.5 Å². The fraction of sp³-hybridized carbons (Fsp3) is 0.0217. The third-order valence-electron chi connectivity index (χ3n) is 10.1. The zero-order valence-electron chi connectivity index (χ0n) is 26.5. The minimum Gasteiger partial charge on any atom is -0.303 e. The van der Waals surface area contributed by atoms with Crippen molar-refractivity contribution in [2.45, 2.75) is 6.92 Å². The van der Waals surface area contributed by atoms with E-state index in [0.29, 0.717) is 0 Å². The molecule has 0 bridgehead atoms. The van der Waals surface area contributed by atoms with E-state index in [-0.39, 0.29) is 0 Å². The van der Waals surface area contributed by atoms with Crippen molar-refractivity contribution in [3.05, 3.63) is 170 Å². The maximum atomic E-state index is 5.01. The molecule has 0 spiro atoms. The standard InChI is InChI=1S/C46H30N2/c1-29-46(32-18-9-4-10-19-32)47-40-27-24-33(28-48(29)40)34-25-26-39-43-35(34)22-13-23-38(43)44-41(30-14-5-2-6-15-30)36-20-11-12-21-37(36)42(45(39)44)31-16-7-3-8-17-31/h2-28H,1H3. The smallest absolute Gasteiger partial charge is 0.137 e. The Morgan fingerprint density at radius 2 is 0.917 bits per heavy atom. The highest BCUT2D eigenvalue weighted by Gasteiger charge is 2.31. The molecule has 1 aliphatic rings. The van der Waals surface area contributed by atoms with Crippen molar-refractivity contribution in [1.29, 1.82) is 0 Å². The van der Waals surface area contributed by atoms with Crippen LogP contribution in [0.5, 0.6) is 0 Å². The molecule has 7 aromatic carbocycles. The summed E-state index contributed by atoms with van der Waals surface area (Å²) in [4.78, 5) is 5.01. The van der Waals surface area contributed by atoms with Gasteiger partial charge >= 0.3 is 0 Å². The molecule has 2 heteroatoms. The van der Waals surface area contributed by atoms with Crippen molar-refractivity contribution in [3.63, 3.8) is 0 Å². The lowest BCUT2D eigenvalue weighted by atomic mass is 9.82. The molecule has 0 saturated heterocycles. The van der Waals surface area contributed by atoms with Crippen LogP contribution < -0.4 is 0 Å². The number of hydrogen-bond acceptors (Lipinski definition) is 1. The monoisotopic (exact) mass is 610 g/mol. The van der Waals surface area contributed by atoms with Gasteiger partial charge in [-0.1, -0.05) is 146 Å². The number of hydrogen-bond donors (Lipinski definition) is 0. The maximum Gasteiger partial charge on any atom is 0.137 e. The Labute approximate surface area is 279 Å². The molecule has 0 N–H and O–H groups in total. The molecule has 0 amide bonds. The quantitative estimate of drug-likeness (QED) is 0.194. The van der Waals surface area contributed by atoms with Crippen LogP contribution in [0, 0.1) is 6.92 Å². The molecular weight excluding hydrogens is 581 g/mol. The van der Waals surface area contributed by atoms with Gasteiger partial charge in [-0.3, -0.25) is 0 Å². The third kappa shape index (κ3) is 3.84. The molecule has 0 unspecified atom stereocenters. The summed E-state index contributed by atoms with van der Waals surface area (Å²) >= 11 is 0. The molecule has 48 heavy (non-hydrogen) atoms. The zero-order chi connectivity index (χ0) is 31.8. The van der Waals surface area contributed by atoms with E-state index in [9.17, 15) is 0 Å². The molecule has 2 nitrogen and oxygen atoms in total. The van der Waals surface area contributed by atoms with Crippen molar-refractivity contribution in [2.75, 3.05) is 0 Å². The highest BCUT2D eigenvalue weighted by molar-refractivity contribution is 6.28. The van der Waals surface area contributed by atoms with Gasteiger partial charge < -0.3 is 4.40 Å². The molecule has 0 atom stereocenters. The Morgan fingerprint density at radius 3 is 1.54 bits per heavy atom. The summed E-state index contributed by atoms with van der Waals surface area (Å²) in [5.41, 5.74) is 17.0. The van der Waals surface area contributed by atoms with E-state index < -0.39 is 0 Å².